The van der Waals surface area contributed by atoms with Crippen molar-refractivity contribution in [3.63, 3.8) is 0 Å². The van der Waals surface area contributed by atoms with E-state index in [2.05, 4.69) is 15.5 Å². The van der Waals surface area contributed by atoms with Gasteiger partial charge in [0.15, 0.2) is 0 Å². The SMILES string of the molecule is COCCNC(=O)c1cn[nH]c1N. The molecule has 0 saturated heterocycles. The van der Waals surface area contributed by atoms with E-state index in [1.165, 1.54) is 6.20 Å². The molecule has 0 aromatic carbocycles. The normalized spacial score (nSPS) is 9.92. The van der Waals surface area contributed by atoms with E-state index in [1.807, 2.05) is 0 Å². The van der Waals surface area contributed by atoms with Crippen molar-refractivity contribution < 1.29 is 9.53 Å². The molecule has 0 aliphatic rings. The number of carbonyl (C=O) groups excluding carboxylic acids is 1. The Morgan fingerprint density at radius 1 is 1.85 bits per heavy atom. The molecule has 6 heteroatoms. The Balaban J connectivity index is 2.45. The van der Waals surface area contributed by atoms with E-state index in [4.69, 9.17) is 10.5 Å². The average molecular weight is 184 g/mol. The Kier molecular flexibility index (Phi) is 3.27. The van der Waals surface area contributed by atoms with E-state index in [1.54, 1.807) is 7.11 Å². The number of nitrogen functional groups attached to an aromatic ring is 1. The Morgan fingerprint density at radius 3 is 3.15 bits per heavy atom. The largest absolute Gasteiger partial charge is 0.383 e. The first-order valence-corrected chi connectivity index (χ1v) is 3.81. The minimum atomic E-state index is -0.247. The standard InChI is InChI=1S/C7H12N4O2/c1-13-3-2-9-7(12)5-4-10-11-6(5)8/h4H,2-3H2,1H3,(H,9,12)(H3,8,10,11). The van der Waals surface area contributed by atoms with Gasteiger partial charge < -0.3 is 15.8 Å². The van der Waals surface area contributed by atoms with Crippen LogP contribution < -0.4 is 11.1 Å². The zero-order chi connectivity index (χ0) is 9.68. The van der Waals surface area contributed by atoms with Gasteiger partial charge in [0.2, 0.25) is 0 Å². The lowest BCUT2D eigenvalue weighted by atomic mass is 10.3. The first-order valence-electron chi connectivity index (χ1n) is 3.81. The highest BCUT2D eigenvalue weighted by atomic mass is 16.5. The van der Waals surface area contributed by atoms with Gasteiger partial charge in [-0.3, -0.25) is 9.89 Å². The molecule has 1 aromatic rings. The summed E-state index contributed by atoms with van der Waals surface area (Å²) < 4.78 is 4.77. The van der Waals surface area contributed by atoms with Gasteiger partial charge in [-0.05, 0) is 0 Å². The number of carbonyl (C=O) groups is 1. The van der Waals surface area contributed by atoms with E-state index >= 15 is 0 Å². The van der Waals surface area contributed by atoms with E-state index in [9.17, 15) is 4.79 Å². The minimum Gasteiger partial charge on any atom is -0.383 e. The number of aromatic amines is 1. The average Bonchev–Trinajstić information content (AvgIpc) is 2.52. The molecule has 0 aliphatic carbocycles. The Hall–Kier alpha value is -1.56. The smallest absolute Gasteiger partial charge is 0.256 e. The number of rotatable bonds is 4. The van der Waals surface area contributed by atoms with Crippen molar-refractivity contribution in [3.8, 4) is 0 Å². The van der Waals surface area contributed by atoms with E-state index in [-0.39, 0.29) is 11.7 Å². The Morgan fingerprint density at radius 2 is 2.62 bits per heavy atom. The number of H-pyrrole nitrogens is 1. The number of methoxy groups -OCH3 is 1. The van der Waals surface area contributed by atoms with Gasteiger partial charge in [-0.2, -0.15) is 5.10 Å². The van der Waals surface area contributed by atoms with Crippen LogP contribution in [0.25, 0.3) is 0 Å². The summed E-state index contributed by atoms with van der Waals surface area (Å²) in [5, 5.41) is 8.73. The van der Waals surface area contributed by atoms with Crippen molar-refractivity contribution in [2.24, 2.45) is 0 Å². The van der Waals surface area contributed by atoms with Crippen molar-refractivity contribution in [2.75, 3.05) is 26.0 Å². The highest BCUT2D eigenvalue weighted by molar-refractivity contribution is 5.97. The van der Waals surface area contributed by atoms with Crippen molar-refractivity contribution in [2.45, 2.75) is 0 Å². The van der Waals surface area contributed by atoms with Gasteiger partial charge in [0.25, 0.3) is 5.91 Å². The molecule has 0 spiro atoms. The summed E-state index contributed by atoms with van der Waals surface area (Å²) in [5.74, 6) is 0.0261. The Bertz CT molecular complexity index is 284. The van der Waals surface area contributed by atoms with Crippen LogP contribution in [0.1, 0.15) is 10.4 Å². The summed E-state index contributed by atoms with van der Waals surface area (Å²) in [6.45, 7) is 0.934. The second kappa shape index (κ2) is 4.46. The molecule has 0 saturated carbocycles. The first kappa shape index (κ1) is 9.53. The maximum absolute atomic E-state index is 11.3. The molecule has 0 aliphatic heterocycles. The van der Waals surface area contributed by atoms with Crippen LogP contribution in [0, 0.1) is 0 Å². The fourth-order valence-corrected chi connectivity index (χ4v) is 0.839. The topological polar surface area (TPSA) is 93.0 Å². The van der Waals surface area contributed by atoms with Crippen LogP contribution in [0.15, 0.2) is 6.20 Å². The summed E-state index contributed by atoms with van der Waals surface area (Å²) in [7, 11) is 1.57. The lowest BCUT2D eigenvalue weighted by Crippen LogP contribution is -2.27. The highest BCUT2D eigenvalue weighted by Gasteiger charge is 2.09. The summed E-state index contributed by atoms with van der Waals surface area (Å²) in [5.41, 5.74) is 5.79. The van der Waals surface area contributed by atoms with Crippen molar-refractivity contribution in [3.05, 3.63) is 11.8 Å². The third-order valence-corrected chi connectivity index (χ3v) is 1.51. The van der Waals surface area contributed by atoms with Crippen LogP contribution in [0.4, 0.5) is 5.82 Å². The number of nitrogens with two attached hydrogens (primary N) is 1. The zero-order valence-electron chi connectivity index (χ0n) is 7.33. The van der Waals surface area contributed by atoms with Crippen LogP contribution >= 0.6 is 0 Å². The fourth-order valence-electron chi connectivity index (χ4n) is 0.839. The van der Waals surface area contributed by atoms with Crippen LogP contribution in [0.3, 0.4) is 0 Å². The van der Waals surface area contributed by atoms with Crippen molar-refractivity contribution in [1.82, 2.24) is 15.5 Å². The molecule has 4 N–H and O–H groups in total. The monoisotopic (exact) mass is 184 g/mol. The molecule has 13 heavy (non-hydrogen) atoms. The first-order chi connectivity index (χ1) is 6.25. The molecule has 0 bridgehead atoms. The predicted octanol–water partition coefficient (Wildman–Crippen LogP) is -0.632. The number of hydrogen-bond acceptors (Lipinski definition) is 4. The fraction of sp³-hybridized carbons (Fsp3) is 0.429. The Labute approximate surface area is 75.5 Å². The number of aromatic nitrogens is 2. The molecule has 0 unspecified atom stereocenters. The van der Waals surface area contributed by atoms with Crippen molar-refractivity contribution in [1.29, 1.82) is 0 Å². The molecule has 1 rings (SSSR count). The molecule has 0 fully saturated rings. The molecular weight excluding hydrogens is 172 g/mol. The summed E-state index contributed by atoms with van der Waals surface area (Å²) in [6, 6.07) is 0. The van der Waals surface area contributed by atoms with Gasteiger partial charge in [0, 0.05) is 13.7 Å². The number of nitrogens with one attached hydrogen (secondary N) is 2. The van der Waals surface area contributed by atoms with Gasteiger partial charge in [-0.1, -0.05) is 0 Å². The maximum atomic E-state index is 11.3. The van der Waals surface area contributed by atoms with E-state index < -0.39 is 0 Å². The van der Waals surface area contributed by atoms with Crippen LogP contribution in [0.2, 0.25) is 0 Å². The molecule has 6 nitrogen and oxygen atoms in total. The van der Waals surface area contributed by atoms with Gasteiger partial charge in [-0.25, -0.2) is 0 Å². The van der Waals surface area contributed by atoms with Crippen LogP contribution in [0.5, 0.6) is 0 Å². The summed E-state index contributed by atoms with van der Waals surface area (Å²) in [4.78, 5) is 11.3. The molecule has 0 atom stereocenters. The number of ether oxygens (including phenoxy) is 1. The second-order valence-electron chi connectivity index (χ2n) is 2.45. The van der Waals surface area contributed by atoms with Crippen LogP contribution in [-0.4, -0.2) is 36.4 Å². The zero-order valence-corrected chi connectivity index (χ0v) is 7.33. The van der Waals surface area contributed by atoms with E-state index in [0.717, 1.165) is 0 Å². The third kappa shape index (κ3) is 2.45. The van der Waals surface area contributed by atoms with Gasteiger partial charge in [0.1, 0.15) is 11.4 Å². The number of nitrogens with zero attached hydrogens (tertiary/aromatic N) is 1. The van der Waals surface area contributed by atoms with Crippen molar-refractivity contribution >= 4 is 11.7 Å². The van der Waals surface area contributed by atoms with Crippen LogP contribution in [-0.2, 0) is 4.74 Å². The van der Waals surface area contributed by atoms with Gasteiger partial charge in [-0.15, -0.1) is 0 Å². The lowest BCUT2D eigenvalue weighted by molar-refractivity contribution is 0.0938. The minimum absolute atomic E-state index is 0.247. The highest BCUT2D eigenvalue weighted by Crippen LogP contribution is 2.04. The molecule has 0 radical (unpaired) electrons. The second-order valence-corrected chi connectivity index (χ2v) is 2.45. The predicted molar refractivity (Wildman–Crippen MR) is 47.2 cm³/mol. The van der Waals surface area contributed by atoms with Gasteiger partial charge in [0.05, 0.1) is 12.8 Å². The number of amides is 1. The number of hydrogen-bond donors (Lipinski definition) is 3. The number of anilines is 1. The molecule has 1 heterocycles. The molecule has 72 valence electrons. The maximum Gasteiger partial charge on any atom is 0.256 e. The summed E-state index contributed by atoms with van der Waals surface area (Å²) >= 11 is 0. The summed E-state index contributed by atoms with van der Waals surface area (Å²) in [6.07, 6.45) is 1.39. The van der Waals surface area contributed by atoms with E-state index in [0.29, 0.717) is 18.7 Å². The van der Waals surface area contributed by atoms with Gasteiger partial charge >= 0.3 is 0 Å². The molecule has 1 amide bonds. The lowest BCUT2D eigenvalue weighted by Gasteiger charge is -2.02. The molecular formula is C7H12N4O2. The quantitative estimate of drug-likeness (QED) is 0.543. The molecule has 1 aromatic heterocycles. The third-order valence-electron chi connectivity index (χ3n) is 1.51.